The topological polar surface area (TPSA) is 121 Å². The van der Waals surface area contributed by atoms with Gasteiger partial charge in [-0.25, -0.2) is 4.79 Å². The van der Waals surface area contributed by atoms with Gasteiger partial charge in [-0.3, -0.25) is 18.7 Å². The van der Waals surface area contributed by atoms with E-state index in [1.807, 2.05) is 75.1 Å². The number of aromatic nitrogens is 6. The van der Waals surface area contributed by atoms with Gasteiger partial charge >= 0.3 is 6.09 Å². The molecular weight excluding hydrogens is 620 g/mol. The van der Waals surface area contributed by atoms with Crippen LogP contribution in [0.1, 0.15) is 52.0 Å². The maximum Gasteiger partial charge on any atom is 0.407 e. The van der Waals surface area contributed by atoms with Crippen LogP contribution in [0.4, 0.5) is 10.7 Å². The van der Waals surface area contributed by atoms with Crippen LogP contribution in [0.15, 0.2) is 47.4 Å². The van der Waals surface area contributed by atoms with Gasteiger partial charge in [0.05, 0.1) is 29.9 Å². The van der Waals surface area contributed by atoms with E-state index in [1.165, 1.54) is 0 Å². The van der Waals surface area contributed by atoms with E-state index < -0.39 is 11.7 Å². The van der Waals surface area contributed by atoms with Crippen molar-refractivity contribution >= 4 is 45.6 Å². The summed E-state index contributed by atoms with van der Waals surface area (Å²) < 4.78 is 16.0. The number of alkyl carbamates (subject to hydrolysis) is 1. The third kappa shape index (κ3) is 5.68. The number of hydrogen-bond donors (Lipinski definition) is 1. The number of ether oxygens (including phenoxy) is 2. The molecule has 5 aromatic rings. The van der Waals surface area contributed by atoms with Crippen molar-refractivity contribution in [1.82, 2.24) is 34.4 Å². The van der Waals surface area contributed by atoms with Gasteiger partial charge in [0, 0.05) is 49.4 Å². The quantitative estimate of drug-likeness (QED) is 0.257. The van der Waals surface area contributed by atoms with Gasteiger partial charge < -0.3 is 19.7 Å². The van der Waals surface area contributed by atoms with Gasteiger partial charge in [0.1, 0.15) is 16.7 Å². The van der Waals surface area contributed by atoms with Crippen LogP contribution < -0.4 is 20.5 Å². The lowest BCUT2D eigenvalue weighted by molar-refractivity contribution is 0.0492. The molecule has 13 heteroatoms. The van der Waals surface area contributed by atoms with Crippen LogP contribution in [-0.2, 0) is 25.4 Å². The van der Waals surface area contributed by atoms with E-state index in [9.17, 15) is 9.59 Å². The van der Waals surface area contributed by atoms with Crippen LogP contribution in [0.25, 0.3) is 33.2 Å². The minimum atomic E-state index is -0.565. The zero-order valence-electron chi connectivity index (χ0n) is 27.5. The average molecular weight is 659 g/mol. The molecule has 0 radical (unpaired) electrons. The first-order valence-electron chi connectivity index (χ1n) is 15.9. The predicted molar refractivity (Wildman–Crippen MR) is 181 cm³/mol. The van der Waals surface area contributed by atoms with Gasteiger partial charge in [0.2, 0.25) is 5.95 Å². The highest BCUT2D eigenvalue weighted by Gasteiger charge is 2.43. The lowest BCUT2D eigenvalue weighted by atomic mass is 9.98. The number of benzene rings is 2. The van der Waals surface area contributed by atoms with Crippen molar-refractivity contribution in [2.24, 2.45) is 14.1 Å². The maximum atomic E-state index is 14.4. The SMILES string of the molecule is COc1ccc(Cn2nc3nc(N4C5CCC4CC(NC(=O)OC(C)(C)C)C5)n(C)c(=O)c3c2-c2ccc3nn(C)cc3c2Cl)cc1. The Hall–Kier alpha value is -4.58. The molecule has 2 atom stereocenters. The number of carbonyl (C=O) groups is 1. The molecule has 0 spiro atoms. The normalized spacial score (nSPS) is 19.5. The zero-order chi connectivity index (χ0) is 33.2. The average Bonchev–Trinajstić information content (AvgIpc) is 3.65. The fourth-order valence-corrected chi connectivity index (χ4v) is 7.43. The number of halogens is 1. The van der Waals surface area contributed by atoms with Crippen LogP contribution in [0.5, 0.6) is 5.75 Å². The van der Waals surface area contributed by atoms with Crippen molar-refractivity contribution in [3.05, 3.63) is 63.5 Å². The molecule has 2 aromatic carbocycles. The Kier molecular flexibility index (Phi) is 7.65. The number of aryl methyl sites for hydroxylation is 1. The van der Waals surface area contributed by atoms with Crippen LogP contribution >= 0.6 is 11.6 Å². The first-order chi connectivity index (χ1) is 22.4. The molecule has 2 fully saturated rings. The van der Waals surface area contributed by atoms with Gasteiger partial charge in [-0.2, -0.15) is 15.2 Å². The van der Waals surface area contributed by atoms with Crippen LogP contribution in [-0.4, -0.2) is 66.0 Å². The summed E-state index contributed by atoms with van der Waals surface area (Å²) in [4.78, 5) is 34.2. The van der Waals surface area contributed by atoms with E-state index >= 15 is 0 Å². The summed E-state index contributed by atoms with van der Waals surface area (Å²) in [5, 5.41) is 14.2. The van der Waals surface area contributed by atoms with E-state index in [2.05, 4.69) is 15.3 Å². The third-order valence-corrected chi connectivity index (χ3v) is 9.54. The van der Waals surface area contributed by atoms with Crippen molar-refractivity contribution in [3.8, 4) is 17.0 Å². The molecule has 2 bridgehead atoms. The van der Waals surface area contributed by atoms with Gasteiger partial charge in [-0.1, -0.05) is 23.7 Å². The number of nitrogens with zero attached hydrogens (tertiary/aromatic N) is 7. The number of nitrogens with one attached hydrogen (secondary N) is 1. The molecule has 2 aliphatic rings. The van der Waals surface area contributed by atoms with Crippen molar-refractivity contribution in [2.75, 3.05) is 12.0 Å². The Balaban J connectivity index is 1.30. The Morgan fingerprint density at radius 2 is 1.74 bits per heavy atom. The molecule has 3 aromatic heterocycles. The highest BCUT2D eigenvalue weighted by atomic mass is 35.5. The summed E-state index contributed by atoms with van der Waals surface area (Å²) >= 11 is 7.05. The summed E-state index contributed by atoms with van der Waals surface area (Å²) in [6, 6.07) is 11.8. The Labute approximate surface area is 277 Å². The second-order valence-corrected chi connectivity index (χ2v) is 14.0. The molecule has 2 aliphatic heterocycles. The third-order valence-electron chi connectivity index (χ3n) is 9.13. The molecule has 1 N–H and O–H groups in total. The molecule has 246 valence electrons. The smallest absolute Gasteiger partial charge is 0.407 e. The predicted octanol–water partition coefficient (Wildman–Crippen LogP) is 5.42. The summed E-state index contributed by atoms with van der Waals surface area (Å²) in [6.45, 7) is 5.96. The largest absolute Gasteiger partial charge is 0.497 e. The molecule has 47 heavy (non-hydrogen) atoms. The zero-order valence-corrected chi connectivity index (χ0v) is 28.2. The Morgan fingerprint density at radius 3 is 2.40 bits per heavy atom. The van der Waals surface area contributed by atoms with Crippen LogP contribution in [0, 0.1) is 0 Å². The van der Waals surface area contributed by atoms with Crippen molar-refractivity contribution in [2.45, 2.75) is 76.7 Å². The molecular formula is C34H39ClN8O4. The molecule has 2 unspecified atom stereocenters. The van der Waals surface area contributed by atoms with Gasteiger partial charge in [-0.05, 0) is 76.3 Å². The number of amides is 1. The molecule has 7 rings (SSSR count). The number of hydrogen-bond acceptors (Lipinski definition) is 8. The fourth-order valence-electron chi connectivity index (χ4n) is 7.13. The molecule has 0 aliphatic carbocycles. The molecule has 2 saturated heterocycles. The lowest BCUT2D eigenvalue weighted by Crippen LogP contribution is -2.52. The summed E-state index contributed by atoms with van der Waals surface area (Å²) in [5.74, 6) is 1.34. The van der Waals surface area contributed by atoms with Crippen LogP contribution in [0.3, 0.4) is 0 Å². The van der Waals surface area contributed by atoms with Gasteiger partial charge in [0.15, 0.2) is 5.65 Å². The van der Waals surface area contributed by atoms with E-state index in [1.54, 1.807) is 23.4 Å². The summed E-state index contributed by atoms with van der Waals surface area (Å²) in [7, 11) is 5.25. The van der Waals surface area contributed by atoms with Gasteiger partial charge in [0.25, 0.3) is 5.56 Å². The Bertz CT molecular complexity index is 2050. The van der Waals surface area contributed by atoms with Crippen molar-refractivity contribution in [3.63, 3.8) is 0 Å². The summed E-state index contributed by atoms with van der Waals surface area (Å²) in [6.07, 6.45) is 4.84. The van der Waals surface area contributed by atoms with Crippen molar-refractivity contribution < 1.29 is 14.3 Å². The highest BCUT2D eigenvalue weighted by Crippen LogP contribution is 2.40. The van der Waals surface area contributed by atoms with Crippen molar-refractivity contribution in [1.29, 1.82) is 0 Å². The minimum Gasteiger partial charge on any atom is -0.497 e. The fraction of sp³-hybridized carbons (Fsp3) is 0.441. The second kappa shape index (κ2) is 11.6. The number of methoxy groups -OCH3 is 1. The maximum absolute atomic E-state index is 14.4. The molecule has 12 nitrogen and oxygen atoms in total. The van der Waals surface area contributed by atoms with Gasteiger partial charge in [-0.15, -0.1) is 0 Å². The number of carbonyl (C=O) groups excluding carboxylic acids is 1. The standard InChI is InChI=1S/C34H39ClN8O4/c1-34(2,3)47-33(45)36-20-15-21-9-10-22(16-20)43(21)32-37-30-27(31(44)41(32)5)29(24-13-14-26-25(28(24)35)18-40(4)38-26)42(39-30)17-19-7-11-23(46-6)12-8-19/h7-8,11-14,18,20-22H,9-10,15-17H2,1-6H3,(H,36,45). The monoisotopic (exact) mass is 658 g/mol. The molecule has 0 saturated carbocycles. The van der Waals surface area contributed by atoms with Crippen LogP contribution in [0.2, 0.25) is 5.02 Å². The lowest BCUT2D eigenvalue weighted by Gasteiger charge is -2.40. The number of rotatable bonds is 6. The first kappa shape index (κ1) is 31.0. The molecule has 5 heterocycles. The summed E-state index contributed by atoms with van der Waals surface area (Å²) in [5.41, 5.74) is 2.64. The second-order valence-electron chi connectivity index (χ2n) is 13.6. The molecule has 1 amide bonds. The van der Waals surface area contributed by atoms with E-state index in [0.29, 0.717) is 39.8 Å². The Morgan fingerprint density at radius 1 is 1.04 bits per heavy atom. The van der Waals surface area contributed by atoms with E-state index in [-0.39, 0.29) is 23.7 Å². The number of anilines is 1. The number of piperidine rings is 1. The first-order valence-corrected chi connectivity index (χ1v) is 16.3. The highest BCUT2D eigenvalue weighted by molar-refractivity contribution is 6.38. The number of fused-ring (bicyclic) bond motifs is 4. The van der Waals surface area contributed by atoms with E-state index in [4.69, 9.17) is 31.2 Å². The van der Waals surface area contributed by atoms with E-state index in [0.717, 1.165) is 47.9 Å². The minimum absolute atomic E-state index is 0.0146.